The van der Waals surface area contributed by atoms with Crippen molar-refractivity contribution in [2.24, 2.45) is 5.92 Å². The zero-order valence-electron chi connectivity index (χ0n) is 9.17. The molecule has 0 aromatic rings. The fourth-order valence-electron chi connectivity index (χ4n) is 1.90. The van der Waals surface area contributed by atoms with Crippen LogP contribution in [0.3, 0.4) is 0 Å². The summed E-state index contributed by atoms with van der Waals surface area (Å²) < 4.78 is 13.4. The summed E-state index contributed by atoms with van der Waals surface area (Å²) in [4.78, 5) is 0. The van der Waals surface area contributed by atoms with Crippen LogP contribution in [-0.2, 0) is 8.85 Å². The highest BCUT2D eigenvalue weighted by atomic mass is 28.4. The van der Waals surface area contributed by atoms with Gasteiger partial charge in [-0.25, -0.2) is 0 Å². The number of piperidine rings is 1. The molecule has 1 aliphatic rings. The molecule has 0 bridgehead atoms. The van der Waals surface area contributed by atoms with Crippen LogP contribution < -0.4 is 0 Å². The van der Waals surface area contributed by atoms with Gasteiger partial charge in [0.25, 0.3) is 0 Å². The number of rotatable bonds is 3. The Bertz CT molecular complexity index is 162. The van der Waals surface area contributed by atoms with Gasteiger partial charge in [0.1, 0.15) is 0 Å². The van der Waals surface area contributed by atoms with E-state index in [0.29, 0.717) is 0 Å². The van der Waals surface area contributed by atoms with Gasteiger partial charge in [-0.05, 0) is 38.4 Å². The molecule has 13 heavy (non-hydrogen) atoms. The Labute approximate surface area is 82.3 Å². The monoisotopic (exact) mass is 203 g/mol. The Morgan fingerprint density at radius 1 is 1.31 bits per heavy atom. The van der Waals surface area contributed by atoms with E-state index in [0.717, 1.165) is 19.0 Å². The van der Waals surface area contributed by atoms with Gasteiger partial charge in [0.2, 0.25) is 0 Å². The number of hydrogen-bond acceptors (Lipinski definition) is 3. The van der Waals surface area contributed by atoms with E-state index < -0.39 is 8.72 Å². The third-order valence-electron chi connectivity index (χ3n) is 2.99. The third kappa shape index (κ3) is 2.53. The van der Waals surface area contributed by atoms with Crippen LogP contribution in [0.25, 0.3) is 0 Å². The van der Waals surface area contributed by atoms with Crippen LogP contribution in [0.5, 0.6) is 0 Å². The predicted molar refractivity (Wildman–Crippen MR) is 55.6 cm³/mol. The summed E-state index contributed by atoms with van der Waals surface area (Å²) in [6, 6.07) is 0. The Kier molecular flexibility index (Phi) is 3.91. The summed E-state index contributed by atoms with van der Waals surface area (Å²) >= 11 is 0. The molecule has 1 heterocycles. The molecule has 0 aromatic carbocycles. The van der Waals surface area contributed by atoms with E-state index in [1.54, 1.807) is 14.2 Å². The second-order valence-electron chi connectivity index (χ2n) is 4.00. The summed E-state index contributed by atoms with van der Waals surface area (Å²) in [5, 5.41) is 0. The summed E-state index contributed by atoms with van der Waals surface area (Å²) in [6.07, 6.45) is 2.62. The zero-order chi connectivity index (χ0) is 9.90. The van der Waals surface area contributed by atoms with Crippen molar-refractivity contribution >= 4 is 8.72 Å². The molecule has 4 heteroatoms. The topological polar surface area (TPSA) is 21.7 Å². The molecule has 1 fully saturated rings. The molecule has 0 N–H and O–H groups in total. The van der Waals surface area contributed by atoms with Gasteiger partial charge in [-0.1, -0.05) is 6.92 Å². The fourth-order valence-corrected chi connectivity index (χ4v) is 3.79. The van der Waals surface area contributed by atoms with Crippen molar-refractivity contribution in [3.8, 4) is 0 Å². The molecule has 0 radical (unpaired) electrons. The largest absolute Gasteiger partial charge is 0.424 e. The highest BCUT2D eigenvalue weighted by Crippen LogP contribution is 2.21. The Balaban J connectivity index is 2.57. The minimum atomic E-state index is -2.00. The fraction of sp³-hybridized carbons (Fsp3) is 1.00. The summed E-state index contributed by atoms with van der Waals surface area (Å²) in [7, 11) is 1.51. The first-order valence-electron chi connectivity index (χ1n) is 4.97. The summed E-state index contributed by atoms with van der Waals surface area (Å²) in [6.45, 7) is 6.68. The van der Waals surface area contributed by atoms with Crippen molar-refractivity contribution in [3.05, 3.63) is 0 Å². The zero-order valence-corrected chi connectivity index (χ0v) is 10.2. The van der Waals surface area contributed by atoms with Crippen molar-refractivity contribution in [1.29, 1.82) is 0 Å². The molecule has 1 rings (SSSR count). The minimum absolute atomic E-state index is 0.783. The molecule has 78 valence electrons. The van der Waals surface area contributed by atoms with E-state index in [-0.39, 0.29) is 0 Å². The molecular weight excluding hydrogens is 182 g/mol. The molecule has 0 aliphatic carbocycles. The van der Waals surface area contributed by atoms with Crippen LogP contribution in [0.15, 0.2) is 0 Å². The lowest BCUT2D eigenvalue weighted by Crippen LogP contribution is -2.58. The van der Waals surface area contributed by atoms with Crippen molar-refractivity contribution < 1.29 is 8.85 Å². The molecule has 1 saturated heterocycles. The first-order chi connectivity index (χ1) is 6.12. The van der Waals surface area contributed by atoms with E-state index in [2.05, 4.69) is 18.0 Å². The highest BCUT2D eigenvalue weighted by Gasteiger charge is 2.39. The van der Waals surface area contributed by atoms with E-state index in [1.165, 1.54) is 12.8 Å². The second-order valence-corrected chi connectivity index (χ2v) is 7.24. The normalized spacial score (nSPS) is 26.3. The maximum absolute atomic E-state index is 5.52. The van der Waals surface area contributed by atoms with E-state index in [9.17, 15) is 0 Å². The van der Waals surface area contributed by atoms with E-state index in [4.69, 9.17) is 8.85 Å². The Hall–Kier alpha value is 0.0969. The van der Waals surface area contributed by atoms with Crippen LogP contribution >= 0.6 is 0 Å². The van der Waals surface area contributed by atoms with E-state index >= 15 is 0 Å². The molecule has 0 spiro atoms. The van der Waals surface area contributed by atoms with Crippen molar-refractivity contribution in [1.82, 2.24) is 4.57 Å². The molecule has 1 aliphatic heterocycles. The van der Waals surface area contributed by atoms with Crippen molar-refractivity contribution in [2.75, 3.05) is 27.3 Å². The quantitative estimate of drug-likeness (QED) is 0.650. The van der Waals surface area contributed by atoms with Gasteiger partial charge in [0.05, 0.1) is 0 Å². The summed E-state index contributed by atoms with van der Waals surface area (Å²) in [5.74, 6) is 0.783. The maximum atomic E-state index is 5.52. The van der Waals surface area contributed by atoms with Crippen LogP contribution in [0.4, 0.5) is 0 Å². The first kappa shape index (κ1) is 11.2. The Morgan fingerprint density at radius 2 is 1.92 bits per heavy atom. The van der Waals surface area contributed by atoms with Gasteiger partial charge in [-0.3, -0.25) is 4.57 Å². The molecule has 0 saturated carbocycles. The smallest absolute Gasteiger partial charge is 0.386 e. The van der Waals surface area contributed by atoms with Crippen LogP contribution in [0, 0.1) is 5.92 Å². The van der Waals surface area contributed by atoms with Crippen LogP contribution in [-0.4, -0.2) is 40.6 Å². The second kappa shape index (κ2) is 4.55. The van der Waals surface area contributed by atoms with Gasteiger partial charge >= 0.3 is 8.72 Å². The first-order valence-corrected chi connectivity index (χ1v) is 7.24. The van der Waals surface area contributed by atoms with Crippen LogP contribution in [0.1, 0.15) is 19.8 Å². The molecule has 1 unspecified atom stereocenters. The predicted octanol–water partition coefficient (Wildman–Crippen LogP) is 1.58. The number of hydrogen-bond donors (Lipinski definition) is 0. The standard InChI is InChI=1S/C9H21NO2Si/c1-9-6-5-7-10(8-9)13(4,11-2)12-3/h9H,5-8H2,1-4H3. The molecule has 0 amide bonds. The summed E-state index contributed by atoms with van der Waals surface area (Å²) in [5.41, 5.74) is 0. The number of nitrogens with zero attached hydrogens (tertiary/aromatic N) is 1. The van der Waals surface area contributed by atoms with Gasteiger partial charge in [0, 0.05) is 14.2 Å². The minimum Gasteiger partial charge on any atom is -0.386 e. The average molecular weight is 203 g/mol. The third-order valence-corrected chi connectivity index (χ3v) is 6.06. The van der Waals surface area contributed by atoms with Gasteiger partial charge < -0.3 is 8.85 Å². The lowest BCUT2D eigenvalue weighted by atomic mass is 10.0. The van der Waals surface area contributed by atoms with Crippen molar-refractivity contribution in [2.45, 2.75) is 26.3 Å². The van der Waals surface area contributed by atoms with Gasteiger partial charge in [-0.15, -0.1) is 0 Å². The van der Waals surface area contributed by atoms with Crippen LogP contribution in [0.2, 0.25) is 6.55 Å². The average Bonchev–Trinajstić information content (AvgIpc) is 2.17. The van der Waals surface area contributed by atoms with Crippen molar-refractivity contribution in [3.63, 3.8) is 0 Å². The van der Waals surface area contributed by atoms with Gasteiger partial charge in [-0.2, -0.15) is 0 Å². The van der Waals surface area contributed by atoms with E-state index in [1.807, 2.05) is 0 Å². The lowest BCUT2D eigenvalue weighted by molar-refractivity contribution is 0.139. The lowest BCUT2D eigenvalue weighted by Gasteiger charge is -2.39. The molecule has 0 aromatic heterocycles. The maximum Gasteiger partial charge on any atom is 0.424 e. The SMILES string of the molecule is CO[Si](C)(OC)N1CCCC(C)C1. The van der Waals surface area contributed by atoms with Gasteiger partial charge in [0.15, 0.2) is 0 Å². The molecule has 1 atom stereocenters. The molecule has 3 nitrogen and oxygen atoms in total. The Morgan fingerprint density at radius 3 is 2.38 bits per heavy atom. The highest BCUT2D eigenvalue weighted by molar-refractivity contribution is 6.63. The molecular formula is C9H21NO2Si.